The molecule has 0 spiro atoms. The summed E-state index contributed by atoms with van der Waals surface area (Å²) in [6, 6.07) is 0.233. The molecule has 3 N–H and O–H groups in total. The van der Waals surface area contributed by atoms with Crippen molar-refractivity contribution in [2.75, 3.05) is 6.54 Å². The molecular formula is C14H24N2O. The van der Waals surface area contributed by atoms with Crippen molar-refractivity contribution in [3.8, 4) is 0 Å². The zero-order chi connectivity index (χ0) is 12.1. The molecule has 0 aromatic heterocycles. The Bertz CT molecular complexity index is 299. The van der Waals surface area contributed by atoms with Crippen LogP contribution in [0.2, 0.25) is 0 Å². The summed E-state index contributed by atoms with van der Waals surface area (Å²) in [6.45, 7) is 0.802. The van der Waals surface area contributed by atoms with Crippen molar-refractivity contribution in [1.29, 1.82) is 0 Å². The van der Waals surface area contributed by atoms with Crippen LogP contribution in [0.25, 0.3) is 0 Å². The fourth-order valence-corrected chi connectivity index (χ4v) is 2.92. The van der Waals surface area contributed by atoms with Gasteiger partial charge in [0, 0.05) is 18.5 Å². The Labute approximate surface area is 104 Å². The zero-order valence-electron chi connectivity index (χ0n) is 10.6. The Morgan fingerprint density at radius 2 is 2.29 bits per heavy atom. The molecule has 96 valence electrons. The van der Waals surface area contributed by atoms with E-state index in [-0.39, 0.29) is 17.9 Å². The molecular weight excluding hydrogens is 212 g/mol. The molecule has 0 aromatic carbocycles. The fraction of sp³-hybridized carbons (Fsp3) is 0.786. The number of amides is 1. The normalized spacial score (nSPS) is 28.9. The Balaban J connectivity index is 1.66. The highest BCUT2D eigenvalue weighted by Gasteiger charge is 2.24. The number of carbonyl (C=O) groups is 1. The van der Waals surface area contributed by atoms with Gasteiger partial charge in [-0.1, -0.05) is 18.1 Å². The van der Waals surface area contributed by atoms with Gasteiger partial charge in [-0.05, 0) is 44.9 Å². The van der Waals surface area contributed by atoms with Crippen molar-refractivity contribution in [2.24, 2.45) is 11.7 Å². The summed E-state index contributed by atoms with van der Waals surface area (Å²) in [4.78, 5) is 11.9. The zero-order valence-corrected chi connectivity index (χ0v) is 10.6. The minimum atomic E-state index is 0.163. The van der Waals surface area contributed by atoms with Crippen LogP contribution < -0.4 is 11.1 Å². The van der Waals surface area contributed by atoms with Crippen molar-refractivity contribution >= 4 is 5.91 Å². The summed E-state index contributed by atoms with van der Waals surface area (Å²) >= 11 is 0. The Hall–Kier alpha value is -0.830. The van der Waals surface area contributed by atoms with E-state index >= 15 is 0 Å². The van der Waals surface area contributed by atoms with Crippen molar-refractivity contribution < 1.29 is 4.79 Å². The summed E-state index contributed by atoms with van der Waals surface area (Å²) in [5, 5.41) is 3.06. The molecule has 0 radical (unpaired) electrons. The molecule has 0 bridgehead atoms. The Morgan fingerprint density at radius 3 is 3.00 bits per heavy atom. The molecule has 2 aliphatic rings. The molecule has 3 nitrogen and oxygen atoms in total. The summed E-state index contributed by atoms with van der Waals surface area (Å²) in [7, 11) is 0. The van der Waals surface area contributed by atoms with Gasteiger partial charge in [-0.3, -0.25) is 4.79 Å². The van der Waals surface area contributed by atoms with Crippen molar-refractivity contribution in [3.05, 3.63) is 11.6 Å². The monoisotopic (exact) mass is 236 g/mol. The number of carbonyl (C=O) groups excluding carboxylic acids is 1. The second-order valence-corrected chi connectivity index (χ2v) is 5.42. The maximum Gasteiger partial charge on any atom is 0.223 e. The number of nitrogens with one attached hydrogen (secondary N) is 1. The molecule has 2 atom stereocenters. The van der Waals surface area contributed by atoms with Crippen LogP contribution in [0.3, 0.4) is 0 Å². The SMILES string of the molecule is NC1CCCC(C(=O)NCCC2=CCCC2)C1. The highest BCUT2D eigenvalue weighted by Crippen LogP contribution is 2.23. The predicted octanol–water partition coefficient (Wildman–Crippen LogP) is 2.12. The van der Waals surface area contributed by atoms with E-state index in [1.807, 2.05) is 0 Å². The molecule has 2 rings (SSSR count). The first kappa shape index (κ1) is 12.6. The van der Waals surface area contributed by atoms with Crippen LogP contribution in [0.15, 0.2) is 11.6 Å². The average molecular weight is 236 g/mol. The fourth-order valence-electron chi connectivity index (χ4n) is 2.92. The van der Waals surface area contributed by atoms with E-state index in [0.717, 1.165) is 38.6 Å². The summed E-state index contributed by atoms with van der Waals surface area (Å²) in [6.07, 6.45) is 11.2. The van der Waals surface area contributed by atoms with Gasteiger partial charge in [0.2, 0.25) is 5.91 Å². The van der Waals surface area contributed by atoms with Crippen LogP contribution in [-0.2, 0) is 4.79 Å². The highest BCUT2D eigenvalue weighted by molar-refractivity contribution is 5.78. The molecule has 3 heteroatoms. The number of allylic oxidation sites excluding steroid dienone is 1. The molecule has 2 aliphatic carbocycles. The third-order valence-electron chi connectivity index (χ3n) is 3.97. The quantitative estimate of drug-likeness (QED) is 0.735. The van der Waals surface area contributed by atoms with Gasteiger partial charge in [0.25, 0.3) is 0 Å². The van der Waals surface area contributed by atoms with E-state index in [2.05, 4.69) is 11.4 Å². The van der Waals surface area contributed by atoms with Gasteiger partial charge < -0.3 is 11.1 Å². The number of hydrogen-bond donors (Lipinski definition) is 2. The molecule has 17 heavy (non-hydrogen) atoms. The van der Waals surface area contributed by atoms with Gasteiger partial charge in [-0.15, -0.1) is 0 Å². The lowest BCUT2D eigenvalue weighted by atomic mass is 9.85. The topological polar surface area (TPSA) is 55.1 Å². The van der Waals surface area contributed by atoms with Crippen LogP contribution in [-0.4, -0.2) is 18.5 Å². The van der Waals surface area contributed by atoms with Crippen LogP contribution in [0.5, 0.6) is 0 Å². The Kier molecular flexibility index (Phi) is 4.60. The van der Waals surface area contributed by atoms with E-state index < -0.39 is 0 Å². The summed E-state index contributed by atoms with van der Waals surface area (Å²) in [5.74, 6) is 0.384. The molecule has 1 saturated carbocycles. The third kappa shape index (κ3) is 3.84. The van der Waals surface area contributed by atoms with Gasteiger partial charge in [0.15, 0.2) is 0 Å². The predicted molar refractivity (Wildman–Crippen MR) is 69.5 cm³/mol. The number of rotatable bonds is 4. The van der Waals surface area contributed by atoms with E-state index in [9.17, 15) is 4.79 Å². The van der Waals surface area contributed by atoms with Gasteiger partial charge in [-0.2, -0.15) is 0 Å². The van der Waals surface area contributed by atoms with E-state index in [4.69, 9.17) is 5.73 Å². The average Bonchev–Trinajstić information content (AvgIpc) is 2.82. The lowest BCUT2D eigenvalue weighted by molar-refractivity contribution is -0.126. The van der Waals surface area contributed by atoms with Gasteiger partial charge in [0.1, 0.15) is 0 Å². The molecule has 1 fully saturated rings. The second kappa shape index (κ2) is 6.20. The van der Waals surface area contributed by atoms with Gasteiger partial charge in [-0.25, -0.2) is 0 Å². The Morgan fingerprint density at radius 1 is 1.41 bits per heavy atom. The van der Waals surface area contributed by atoms with Gasteiger partial charge >= 0.3 is 0 Å². The van der Waals surface area contributed by atoms with E-state index in [1.54, 1.807) is 0 Å². The van der Waals surface area contributed by atoms with Crippen molar-refractivity contribution in [3.63, 3.8) is 0 Å². The maximum atomic E-state index is 11.9. The molecule has 0 saturated heterocycles. The maximum absolute atomic E-state index is 11.9. The first-order valence-electron chi connectivity index (χ1n) is 6.97. The lowest BCUT2D eigenvalue weighted by Crippen LogP contribution is -2.38. The molecule has 0 aliphatic heterocycles. The molecule has 0 aromatic rings. The summed E-state index contributed by atoms with van der Waals surface area (Å²) < 4.78 is 0. The van der Waals surface area contributed by atoms with Crippen molar-refractivity contribution in [2.45, 2.75) is 57.4 Å². The standard InChI is InChI=1S/C14H24N2O/c15-13-7-3-6-12(10-13)14(17)16-9-8-11-4-1-2-5-11/h4,12-13H,1-3,5-10,15H2,(H,16,17). The lowest BCUT2D eigenvalue weighted by Gasteiger charge is -2.25. The molecule has 0 heterocycles. The van der Waals surface area contributed by atoms with Crippen LogP contribution in [0.1, 0.15) is 51.4 Å². The van der Waals surface area contributed by atoms with E-state index in [1.165, 1.54) is 24.8 Å². The highest BCUT2D eigenvalue weighted by atomic mass is 16.1. The number of nitrogens with two attached hydrogens (primary N) is 1. The molecule has 1 amide bonds. The minimum absolute atomic E-state index is 0.163. The van der Waals surface area contributed by atoms with Crippen LogP contribution in [0.4, 0.5) is 0 Å². The van der Waals surface area contributed by atoms with Crippen LogP contribution >= 0.6 is 0 Å². The second-order valence-electron chi connectivity index (χ2n) is 5.42. The van der Waals surface area contributed by atoms with E-state index in [0.29, 0.717) is 0 Å². The van der Waals surface area contributed by atoms with Gasteiger partial charge in [0.05, 0.1) is 0 Å². The smallest absolute Gasteiger partial charge is 0.223 e. The molecule has 2 unspecified atom stereocenters. The minimum Gasteiger partial charge on any atom is -0.356 e. The largest absolute Gasteiger partial charge is 0.356 e. The van der Waals surface area contributed by atoms with Crippen molar-refractivity contribution in [1.82, 2.24) is 5.32 Å². The van der Waals surface area contributed by atoms with Crippen LogP contribution in [0, 0.1) is 5.92 Å². The first-order chi connectivity index (χ1) is 8.25. The number of hydrogen-bond acceptors (Lipinski definition) is 2. The third-order valence-corrected chi connectivity index (χ3v) is 3.97. The first-order valence-corrected chi connectivity index (χ1v) is 6.97. The summed E-state index contributed by atoms with van der Waals surface area (Å²) in [5.41, 5.74) is 7.42.